The van der Waals surface area contributed by atoms with Crippen molar-refractivity contribution in [2.45, 2.75) is 31.4 Å². The van der Waals surface area contributed by atoms with Gasteiger partial charge < -0.3 is 14.5 Å². The molecule has 1 amide bonds. The topological polar surface area (TPSA) is 77.2 Å². The summed E-state index contributed by atoms with van der Waals surface area (Å²) in [5.41, 5.74) is 2.83. The molecule has 28 heavy (non-hydrogen) atoms. The molecule has 0 atom stereocenters. The molecule has 0 radical (unpaired) electrons. The fourth-order valence-corrected chi connectivity index (χ4v) is 3.08. The molecule has 1 N–H and O–H groups in total. The van der Waals surface area contributed by atoms with Crippen LogP contribution < -0.4 is 10.1 Å². The molecule has 6 nitrogen and oxygen atoms in total. The number of anilines is 1. The van der Waals surface area contributed by atoms with Gasteiger partial charge in [-0.05, 0) is 41.3 Å². The standard InChI is InChI=1S/C21H23N3O3S/c1-21(2,3)15-8-10-16(11-9-15)22-18(25)13-28-20-24-23-19(27-20)14-6-5-7-17(12-14)26-4/h5-12H,13H2,1-4H3,(H,22,25). The van der Waals surface area contributed by atoms with Crippen LogP contribution in [-0.4, -0.2) is 29.0 Å². The summed E-state index contributed by atoms with van der Waals surface area (Å²) in [5.74, 6) is 1.15. The van der Waals surface area contributed by atoms with Crippen molar-refractivity contribution in [3.63, 3.8) is 0 Å². The normalized spacial score (nSPS) is 11.3. The van der Waals surface area contributed by atoms with E-state index in [9.17, 15) is 4.79 Å². The maximum absolute atomic E-state index is 12.2. The van der Waals surface area contributed by atoms with Crippen LogP contribution in [0.5, 0.6) is 5.75 Å². The van der Waals surface area contributed by atoms with Gasteiger partial charge in [0.05, 0.1) is 12.9 Å². The van der Waals surface area contributed by atoms with Crippen LogP contribution in [0.4, 0.5) is 5.69 Å². The first-order valence-corrected chi connectivity index (χ1v) is 9.85. The molecule has 0 saturated carbocycles. The second kappa shape index (κ2) is 8.48. The molecule has 0 aliphatic carbocycles. The monoisotopic (exact) mass is 397 g/mol. The second-order valence-electron chi connectivity index (χ2n) is 7.27. The smallest absolute Gasteiger partial charge is 0.277 e. The highest BCUT2D eigenvalue weighted by Crippen LogP contribution is 2.26. The van der Waals surface area contributed by atoms with Gasteiger partial charge in [0.15, 0.2) is 0 Å². The van der Waals surface area contributed by atoms with E-state index in [1.807, 2.05) is 48.5 Å². The molecular formula is C21H23N3O3S. The van der Waals surface area contributed by atoms with Gasteiger partial charge in [-0.2, -0.15) is 0 Å². The highest BCUT2D eigenvalue weighted by molar-refractivity contribution is 7.99. The van der Waals surface area contributed by atoms with E-state index in [0.717, 1.165) is 11.3 Å². The van der Waals surface area contributed by atoms with Crippen LogP contribution in [0.25, 0.3) is 11.5 Å². The molecule has 2 aromatic carbocycles. The van der Waals surface area contributed by atoms with Gasteiger partial charge in [0.25, 0.3) is 5.22 Å². The first kappa shape index (κ1) is 19.9. The SMILES string of the molecule is COc1cccc(-c2nnc(SCC(=O)Nc3ccc(C(C)(C)C)cc3)o2)c1. The molecule has 0 aliphatic heterocycles. The van der Waals surface area contributed by atoms with Crippen LogP contribution in [0.2, 0.25) is 0 Å². The number of ether oxygens (including phenoxy) is 1. The minimum absolute atomic E-state index is 0.0802. The Bertz CT molecular complexity index is 946. The molecule has 7 heteroatoms. The second-order valence-corrected chi connectivity index (χ2v) is 8.20. The lowest BCUT2D eigenvalue weighted by Crippen LogP contribution is -2.15. The fourth-order valence-electron chi connectivity index (χ4n) is 2.52. The Morgan fingerprint density at radius 2 is 1.89 bits per heavy atom. The molecule has 3 aromatic rings. The lowest BCUT2D eigenvalue weighted by Gasteiger charge is -2.19. The summed E-state index contributed by atoms with van der Waals surface area (Å²) in [4.78, 5) is 12.2. The number of nitrogens with zero attached hydrogens (tertiary/aromatic N) is 2. The van der Waals surface area contributed by atoms with E-state index in [-0.39, 0.29) is 17.1 Å². The van der Waals surface area contributed by atoms with Crippen LogP contribution in [0.1, 0.15) is 26.3 Å². The largest absolute Gasteiger partial charge is 0.497 e. The van der Waals surface area contributed by atoms with Gasteiger partial charge in [0, 0.05) is 11.3 Å². The molecule has 0 saturated heterocycles. The van der Waals surface area contributed by atoms with Gasteiger partial charge >= 0.3 is 0 Å². The van der Waals surface area contributed by atoms with Crippen LogP contribution >= 0.6 is 11.8 Å². The number of hydrogen-bond acceptors (Lipinski definition) is 6. The van der Waals surface area contributed by atoms with Crippen molar-refractivity contribution in [2.24, 2.45) is 0 Å². The van der Waals surface area contributed by atoms with E-state index in [1.54, 1.807) is 7.11 Å². The third-order valence-corrected chi connectivity index (χ3v) is 4.90. The van der Waals surface area contributed by atoms with Crippen LogP contribution in [0, 0.1) is 0 Å². The van der Waals surface area contributed by atoms with Gasteiger partial charge in [0.1, 0.15) is 5.75 Å². The average Bonchev–Trinajstić information content (AvgIpc) is 3.15. The van der Waals surface area contributed by atoms with Gasteiger partial charge in [-0.25, -0.2) is 0 Å². The molecule has 0 unspecified atom stereocenters. The van der Waals surface area contributed by atoms with E-state index in [2.05, 4.69) is 36.3 Å². The number of carbonyl (C=O) groups is 1. The Hall–Kier alpha value is -2.80. The number of rotatable bonds is 6. The molecule has 0 bridgehead atoms. The van der Waals surface area contributed by atoms with Gasteiger partial charge in [-0.15, -0.1) is 10.2 Å². The van der Waals surface area contributed by atoms with Gasteiger partial charge in [-0.3, -0.25) is 4.79 Å². The van der Waals surface area contributed by atoms with Crippen molar-refractivity contribution >= 4 is 23.4 Å². The molecule has 3 rings (SSSR count). The first-order valence-electron chi connectivity index (χ1n) is 8.86. The third kappa shape index (κ3) is 5.13. The summed E-state index contributed by atoms with van der Waals surface area (Å²) >= 11 is 1.20. The quantitative estimate of drug-likeness (QED) is 0.604. The molecule has 1 heterocycles. The summed E-state index contributed by atoms with van der Waals surface area (Å²) in [6.07, 6.45) is 0. The predicted octanol–water partition coefficient (Wildman–Crippen LogP) is 4.77. The number of hydrogen-bond donors (Lipinski definition) is 1. The van der Waals surface area contributed by atoms with E-state index in [1.165, 1.54) is 17.3 Å². The van der Waals surface area contributed by atoms with E-state index < -0.39 is 0 Å². The number of aromatic nitrogens is 2. The number of thioether (sulfide) groups is 1. The minimum Gasteiger partial charge on any atom is -0.497 e. The molecule has 0 fully saturated rings. The lowest BCUT2D eigenvalue weighted by molar-refractivity contribution is -0.113. The molecule has 0 aliphatic rings. The van der Waals surface area contributed by atoms with Crippen LogP contribution in [0.3, 0.4) is 0 Å². The van der Waals surface area contributed by atoms with Crippen LogP contribution in [0.15, 0.2) is 58.2 Å². The average molecular weight is 398 g/mol. The van der Waals surface area contributed by atoms with Crippen molar-refractivity contribution in [3.8, 4) is 17.2 Å². The summed E-state index contributed by atoms with van der Waals surface area (Å²) < 4.78 is 10.8. The molecular weight excluding hydrogens is 374 g/mol. The molecule has 146 valence electrons. The van der Waals surface area contributed by atoms with Crippen LogP contribution in [-0.2, 0) is 10.2 Å². The number of benzene rings is 2. The highest BCUT2D eigenvalue weighted by Gasteiger charge is 2.14. The summed E-state index contributed by atoms with van der Waals surface area (Å²) in [7, 11) is 1.60. The number of nitrogens with one attached hydrogen (secondary N) is 1. The zero-order valence-corrected chi connectivity index (χ0v) is 17.2. The Morgan fingerprint density at radius 1 is 1.14 bits per heavy atom. The van der Waals surface area contributed by atoms with E-state index in [0.29, 0.717) is 16.9 Å². The zero-order valence-electron chi connectivity index (χ0n) is 16.4. The summed E-state index contributed by atoms with van der Waals surface area (Å²) in [5, 5.41) is 11.2. The maximum atomic E-state index is 12.2. The summed E-state index contributed by atoms with van der Waals surface area (Å²) in [6, 6.07) is 15.3. The highest BCUT2D eigenvalue weighted by atomic mass is 32.2. The maximum Gasteiger partial charge on any atom is 0.277 e. The predicted molar refractivity (Wildman–Crippen MR) is 111 cm³/mol. The van der Waals surface area contributed by atoms with E-state index >= 15 is 0 Å². The van der Waals surface area contributed by atoms with Crippen molar-refractivity contribution in [2.75, 3.05) is 18.2 Å². The Morgan fingerprint density at radius 3 is 2.57 bits per heavy atom. The first-order chi connectivity index (χ1) is 13.3. The number of methoxy groups -OCH3 is 1. The van der Waals surface area contributed by atoms with Crippen molar-refractivity contribution in [3.05, 3.63) is 54.1 Å². The Kier molecular flexibility index (Phi) is 6.04. The zero-order chi connectivity index (χ0) is 20.1. The number of carbonyl (C=O) groups excluding carboxylic acids is 1. The molecule has 0 spiro atoms. The Labute approximate surface area is 168 Å². The number of amides is 1. The molecule has 1 aromatic heterocycles. The van der Waals surface area contributed by atoms with E-state index in [4.69, 9.17) is 9.15 Å². The fraction of sp³-hybridized carbons (Fsp3) is 0.286. The van der Waals surface area contributed by atoms with Crippen molar-refractivity contribution < 1.29 is 13.9 Å². The van der Waals surface area contributed by atoms with Crippen molar-refractivity contribution in [1.82, 2.24) is 10.2 Å². The third-order valence-electron chi connectivity index (χ3n) is 4.08. The minimum atomic E-state index is -0.130. The summed E-state index contributed by atoms with van der Waals surface area (Å²) in [6.45, 7) is 6.46. The van der Waals surface area contributed by atoms with Gasteiger partial charge in [0.2, 0.25) is 11.8 Å². The Balaban J connectivity index is 1.56. The lowest BCUT2D eigenvalue weighted by atomic mass is 9.87. The van der Waals surface area contributed by atoms with Crippen molar-refractivity contribution in [1.29, 1.82) is 0 Å². The van der Waals surface area contributed by atoms with Gasteiger partial charge in [-0.1, -0.05) is 50.7 Å².